The SMILES string of the molecule is CCCCCC[C@@H](CC[n+]1c(C=CC=C2N(CC)c3cc(Cl)c(Cl)cc3N2CC)n(CC)c2cc(Cl)c(Cl)cc21)S(=O)(=O)O. The first-order valence-corrected chi connectivity index (χ1v) is 18.3. The summed E-state index contributed by atoms with van der Waals surface area (Å²) in [4.78, 5) is 4.40. The number of aryl methyl sites for hydroxylation is 2. The van der Waals surface area contributed by atoms with Crippen molar-refractivity contribution in [2.24, 2.45) is 0 Å². The van der Waals surface area contributed by atoms with Gasteiger partial charge in [-0.3, -0.25) is 4.55 Å². The summed E-state index contributed by atoms with van der Waals surface area (Å²) in [5, 5.41) is 1.04. The number of aromatic nitrogens is 2. The predicted octanol–water partition coefficient (Wildman–Crippen LogP) is 9.40. The van der Waals surface area contributed by atoms with Crippen LogP contribution < -0.4 is 14.4 Å². The molecule has 240 valence electrons. The smallest absolute Gasteiger partial charge is 0.282 e. The lowest BCUT2D eigenvalue weighted by molar-refractivity contribution is -0.674. The molecule has 0 fully saturated rings. The minimum absolute atomic E-state index is 0.269. The van der Waals surface area contributed by atoms with Crippen LogP contribution in [0.5, 0.6) is 0 Å². The van der Waals surface area contributed by atoms with Crippen LogP contribution in [0.1, 0.15) is 72.0 Å². The number of nitrogens with zero attached hydrogens (tertiary/aromatic N) is 4. The molecular formula is C32H41Cl4N4O3S+. The van der Waals surface area contributed by atoms with Gasteiger partial charge in [-0.05, 0) is 45.4 Å². The van der Waals surface area contributed by atoms with Crippen LogP contribution in [0.2, 0.25) is 20.1 Å². The fourth-order valence-corrected chi connectivity index (χ4v) is 7.53. The topological polar surface area (TPSA) is 69.7 Å². The van der Waals surface area contributed by atoms with E-state index in [1.807, 2.05) is 36.4 Å². The molecule has 0 spiro atoms. The number of benzene rings is 2. The molecule has 2 heterocycles. The molecule has 0 saturated carbocycles. The number of allylic oxidation sites excluding steroid dienone is 2. The van der Waals surface area contributed by atoms with E-state index >= 15 is 0 Å². The first kappa shape index (κ1) is 34.9. The molecule has 1 atom stereocenters. The molecule has 0 bridgehead atoms. The molecule has 3 aromatic rings. The Labute approximate surface area is 281 Å². The molecule has 0 amide bonds. The standard InChI is InChI=1S/C32H40Cl4N4O3S/c1-5-9-10-11-13-22(44(41,42)43)16-17-40-30-21-26(36)25(35)20-29(30)39(8-4)32(40)15-12-14-31-37(6-2)27-18-23(33)24(34)19-28(27)38(31)7-3/h12,14-15,18-22H,5-11,13,16-17H2,1-4H3/p+1/t22-/m0/s1. The first-order chi connectivity index (χ1) is 21.0. The van der Waals surface area contributed by atoms with E-state index in [1.165, 1.54) is 0 Å². The molecule has 1 aromatic heterocycles. The molecule has 0 radical (unpaired) electrons. The van der Waals surface area contributed by atoms with Crippen LogP contribution in [0.3, 0.4) is 0 Å². The lowest BCUT2D eigenvalue weighted by Crippen LogP contribution is -2.39. The van der Waals surface area contributed by atoms with E-state index in [1.54, 1.807) is 0 Å². The third-order valence-corrected chi connectivity index (χ3v) is 11.0. The van der Waals surface area contributed by atoms with Gasteiger partial charge in [-0.1, -0.05) is 85.1 Å². The van der Waals surface area contributed by atoms with Crippen molar-refractivity contribution in [3.05, 3.63) is 68.2 Å². The van der Waals surface area contributed by atoms with Crippen LogP contribution in [0.15, 0.2) is 42.2 Å². The van der Waals surface area contributed by atoms with Crippen molar-refractivity contribution in [3.63, 3.8) is 0 Å². The molecule has 0 unspecified atom stereocenters. The summed E-state index contributed by atoms with van der Waals surface area (Å²) in [7, 11) is -4.21. The summed E-state index contributed by atoms with van der Waals surface area (Å²) in [5.41, 5.74) is 3.74. The second-order valence-corrected chi connectivity index (χ2v) is 14.2. The number of imidazole rings is 1. The predicted molar refractivity (Wildman–Crippen MR) is 186 cm³/mol. The third kappa shape index (κ3) is 7.37. The van der Waals surface area contributed by atoms with Gasteiger partial charge in [0, 0.05) is 37.7 Å². The minimum atomic E-state index is -4.21. The van der Waals surface area contributed by atoms with Gasteiger partial charge in [0.2, 0.25) is 0 Å². The highest BCUT2D eigenvalue weighted by molar-refractivity contribution is 7.86. The van der Waals surface area contributed by atoms with Crippen molar-refractivity contribution in [2.75, 3.05) is 22.9 Å². The van der Waals surface area contributed by atoms with E-state index in [-0.39, 0.29) is 6.42 Å². The molecule has 12 heteroatoms. The van der Waals surface area contributed by atoms with Gasteiger partial charge in [0.25, 0.3) is 15.9 Å². The Hall–Kier alpha value is -1.94. The number of anilines is 2. The summed E-state index contributed by atoms with van der Waals surface area (Å²) < 4.78 is 39.0. The average molecular weight is 704 g/mol. The zero-order valence-electron chi connectivity index (χ0n) is 25.7. The maximum Gasteiger partial charge on any atom is 0.282 e. The zero-order chi connectivity index (χ0) is 32.2. The highest BCUT2D eigenvalue weighted by atomic mass is 35.5. The van der Waals surface area contributed by atoms with Crippen molar-refractivity contribution in [1.29, 1.82) is 0 Å². The second-order valence-electron chi connectivity index (χ2n) is 10.9. The number of halogens is 4. The van der Waals surface area contributed by atoms with Gasteiger partial charge in [-0.25, -0.2) is 9.13 Å². The van der Waals surface area contributed by atoms with Crippen molar-refractivity contribution in [1.82, 2.24) is 4.57 Å². The molecule has 44 heavy (non-hydrogen) atoms. The van der Waals surface area contributed by atoms with Crippen molar-refractivity contribution >= 4 is 85.0 Å². The third-order valence-electron chi connectivity index (χ3n) is 8.22. The number of unbranched alkanes of at least 4 members (excludes halogenated alkanes) is 3. The van der Waals surface area contributed by atoms with Gasteiger partial charge in [-0.2, -0.15) is 8.42 Å². The molecule has 0 aliphatic carbocycles. The Morgan fingerprint density at radius 3 is 1.95 bits per heavy atom. The van der Waals surface area contributed by atoms with E-state index in [0.717, 1.165) is 72.8 Å². The zero-order valence-corrected chi connectivity index (χ0v) is 29.5. The molecule has 1 N–H and O–H groups in total. The molecule has 4 rings (SSSR count). The monoisotopic (exact) mass is 701 g/mol. The van der Waals surface area contributed by atoms with Crippen LogP contribution in [0.25, 0.3) is 17.1 Å². The van der Waals surface area contributed by atoms with Gasteiger partial charge in [0.1, 0.15) is 5.82 Å². The lowest BCUT2D eigenvalue weighted by Gasteiger charge is -2.23. The summed E-state index contributed by atoms with van der Waals surface area (Å²) in [6.07, 6.45) is 10.6. The van der Waals surface area contributed by atoms with E-state index in [4.69, 9.17) is 46.4 Å². The van der Waals surface area contributed by atoms with Gasteiger partial charge in [-0.15, -0.1) is 0 Å². The maximum absolute atomic E-state index is 12.4. The van der Waals surface area contributed by atoms with Crippen molar-refractivity contribution < 1.29 is 17.5 Å². The van der Waals surface area contributed by atoms with Gasteiger partial charge >= 0.3 is 0 Å². The number of hydrogen-bond donors (Lipinski definition) is 1. The highest BCUT2D eigenvalue weighted by Gasteiger charge is 2.31. The van der Waals surface area contributed by atoms with E-state index in [0.29, 0.717) is 39.6 Å². The number of rotatable bonds is 14. The Balaban J connectivity index is 1.76. The molecule has 1 aliphatic rings. The van der Waals surface area contributed by atoms with E-state index in [9.17, 15) is 13.0 Å². The number of fused-ring (bicyclic) bond motifs is 2. The quantitative estimate of drug-likeness (QED) is 0.103. The van der Waals surface area contributed by atoms with Crippen molar-refractivity contribution in [2.45, 2.75) is 84.6 Å². The summed E-state index contributed by atoms with van der Waals surface area (Å²) in [6, 6.07) is 7.48. The summed E-state index contributed by atoms with van der Waals surface area (Å²) in [6.45, 7) is 10.8. The Kier molecular flexibility index (Phi) is 12.0. The normalized spacial score (nSPS) is 14.3. The number of hydrogen-bond acceptors (Lipinski definition) is 4. The fourth-order valence-electron chi connectivity index (χ4n) is 6.03. The second kappa shape index (κ2) is 15.1. The summed E-state index contributed by atoms with van der Waals surface area (Å²) in [5.74, 6) is 1.86. The average Bonchev–Trinajstić information content (AvgIpc) is 3.42. The van der Waals surface area contributed by atoms with Gasteiger partial charge in [0.05, 0.1) is 49.8 Å². The molecular weight excluding hydrogens is 662 g/mol. The fraction of sp³-hybridized carbons (Fsp3) is 0.469. The van der Waals surface area contributed by atoms with E-state index in [2.05, 4.69) is 52.7 Å². The Bertz CT molecular complexity index is 1630. The molecule has 2 aromatic carbocycles. The summed E-state index contributed by atoms with van der Waals surface area (Å²) >= 11 is 25.7. The molecule has 1 aliphatic heterocycles. The largest absolute Gasteiger partial charge is 0.326 e. The minimum Gasteiger partial charge on any atom is -0.326 e. The first-order valence-electron chi connectivity index (χ1n) is 15.3. The Morgan fingerprint density at radius 2 is 1.41 bits per heavy atom. The molecule has 7 nitrogen and oxygen atoms in total. The van der Waals surface area contributed by atoms with Crippen LogP contribution in [-0.2, 0) is 23.2 Å². The molecule has 0 saturated heterocycles. The van der Waals surface area contributed by atoms with Crippen molar-refractivity contribution in [3.8, 4) is 0 Å². The maximum atomic E-state index is 12.4. The Morgan fingerprint density at radius 1 is 0.818 bits per heavy atom. The van der Waals surface area contributed by atoms with Crippen LogP contribution >= 0.6 is 46.4 Å². The highest BCUT2D eigenvalue weighted by Crippen LogP contribution is 2.45. The van der Waals surface area contributed by atoms with Gasteiger partial charge < -0.3 is 9.80 Å². The van der Waals surface area contributed by atoms with Crippen LogP contribution in [0, 0.1) is 0 Å². The van der Waals surface area contributed by atoms with Crippen LogP contribution in [-0.4, -0.2) is 35.9 Å². The van der Waals surface area contributed by atoms with Crippen LogP contribution in [0.4, 0.5) is 11.4 Å². The van der Waals surface area contributed by atoms with Gasteiger partial charge in [0.15, 0.2) is 11.0 Å². The lowest BCUT2D eigenvalue weighted by atomic mass is 10.1. The van der Waals surface area contributed by atoms with E-state index < -0.39 is 15.4 Å².